The Morgan fingerprint density at radius 3 is 3.00 bits per heavy atom. The zero-order valence-electron chi connectivity index (χ0n) is 10.5. The molecule has 2 N–H and O–H groups in total. The van der Waals surface area contributed by atoms with Gasteiger partial charge in [0.05, 0.1) is 12.6 Å². The van der Waals surface area contributed by atoms with Crippen molar-refractivity contribution in [3.63, 3.8) is 0 Å². The third-order valence-corrected chi connectivity index (χ3v) is 3.54. The highest BCUT2D eigenvalue weighted by Crippen LogP contribution is 2.20. The second kappa shape index (κ2) is 5.57. The average Bonchev–Trinajstić information content (AvgIpc) is 2.75. The Bertz CT molecular complexity index is 353. The van der Waals surface area contributed by atoms with Crippen molar-refractivity contribution >= 4 is 0 Å². The first-order valence-electron chi connectivity index (χ1n) is 6.04. The quantitative estimate of drug-likeness (QED) is 0.785. The molecule has 17 heavy (non-hydrogen) atoms. The van der Waals surface area contributed by atoms with E-state index in [1.807, 2.05) is 11.7 Å². The summed E-state index contributed by atoms with van der Waals surface area (Å²) in [5, 5.41) is 4.09. The largest absolute Gasteiger partial charge is 0.381 e. The molecule has 0 aliphatic carbocycles. The third kappa shape index (κ3) is 2.83. The lowest BCUT2D eigenvalue weighted by Gasteiger charge is -2.38. The van der Waals surface area contributed by atoms with Gasteiger partial charge >= 0.3 is 0 Å². The van der Waals surface area contributed by atoms with Crippen molar-refractivity contribution in [2.24, 2.45) is 12.8 Å². The molecule has 1 aliphatic rings. The molecule has 1 aliphatic heterocycles. The summed E-state index contributed by atoms with van der Waals surface area (Å²) < 4.78 is 7.23. The summed E-state index contributed by atoms with van der Waals surface area (Å²) in [4.78, 5) is 6.63. The SMILES string of the molecule is COC1CCN(Cc2ncnn2C)C(CN)C1. The summed E-state index contributed by atoms with van der Waals surface area (Å²) in [5.74, 6) is 0.985. The van der Waals surface area contributed by atoms with Crippen molar-refractivity contribution < 1.29 is 4.74 Å². The summed E-state index contributed by atoms with van der Waals surface area (Å²) in [5.41, 5.74) is 5.84. The molecule has 2 heterocycles. The van der Waals surface area contributed by atoms with Gasteiger partial charge in [0.2, 0.25) is 0 Å². The van der Waals surface area contributed by atoms with Gasteiger partial charge in [0.15, 0.2) is 0 Å². The van der Waals surface area contributed by atoms with Crippen LogP contribution in [0.15, 0.2) is 6.33 Å². The predicted molar refractivity (Wildman–Crippen MR) is 64.3 cm³/mol. The molecule has 0 saturated carbocycles. The van der Waals surface area contributed by atoms with Crippen molar-refractivity contribution in [3.05, 3.63) is 12.2 Å². The molecule has 1 fully saturated rings. The summed E-state index contributed by atoms with van der Waals surface area (Å²) in [7, 11) is 3.69. The molecule has 1 saturated heterocycles. The minimum atomic E-state index is 0.347. The number of aryl methyl sites for hydroxylation is 1. The molecular formula is C11H21N5O. The predicted octanol–water partition coefficient (Wildman–Crippen LogP) is -0.247. The smallest absolute Gasteiger partial charge is 0.140 e. The van der Waals surface area contributed by atoms with Gasteiger partial charge in [-0.1, -0.05) is 0 Å². The monoisotopic (exact) mass is 239 g/mol. The standard InChI is InChI=1S/C11H21N5O/c1-15-11(13-8-14-15)7-16-4-3-10(17-2)5-9(16)6-12/h8-10H,3-7,12H2,1-2H3. The summed E-state index contributed by atoms with van der Waals surface area (Å²) >= 11 is 0. The van der Waals surface area contributed by atoms with E-state index in [2.05, 4.69) is 15.0 Å². The number of hydrogen-bond acceptors (Lipinski definition) is 5. The Hall–Kier alpha value is -0.980. The van der Waals surface area contributed by atoms with Crippen molar-refractivity contribution in [1.82, 2.24) is 19.7 Å². The number of piperidine rings is 1. The van der Waals surface area contributed by atoms with Crippen LogP contribution in [0.4, 0.5) is 0 Å². The van der Waals surface area contributed by atoms with E-state index in [4.69, 9.17) is 10.5 Å². The highest BCUT2D eigenvalue weighted by molar-refractivity contribution is 4.89. The molecule has 6 nitrogen and oxygen atoms in total. The minimum absolute atomic E-state index is 0.347. The number of aromatic nitrogens is 3. The lowest BCUT2D eigenvalue weighted by molar-refractivity contribution is 0.00895. The number of likely N-dealkylation sites (tertiary alicyclic amines) is 1. The molecule has 2 rings (SSSR count). The van der Waals surface area contributed by atoms with E-state index in [0.717, 1.165) is 31.8 Å². The van der Waals surface area contributed by atoms with Gasteiger partial charge in [-0.2, -0.15) is 5.10 Å². The Labute approximate surface area is 102 Å². The Balaban J connectivity index is 1.98. The topological polar surface area (TPSA) is 69.2 Å². The normalized spacial score (nSPS) is 26.3. The first kappa shape index (κ1) is 12.5. The summed E-state index contributed by atoms with van der Waals surface area (Å²) in [6.07, 6.45) is 4.00. The van der Waals surface area contributed by atoms with Crippen LogP contribution in [-0.2, 0) is 18.3 Å². The van der Waals surface area contributed by atoms with Crippen LogP contribution in [0, 0.1) is 0 Å². The van der Waals surface area contributed by atoms with Gasteiger partial charge in [-0.25, -0.2) is 4.98 Å². The number of ether oxygens (including phenoxy) is 1. The first-order chi connectivity index (χ1) is 8.24. The van der Waals surface area contributed by atoms with Crippen LogP contribution in [0.5, 0.6) is 0 Å². The van der Waals surface area contributed by atoms with Gasteiger partial charge in [-0.15, -0.1) is 0 Å². The fraction of sp³-hybridized carbons (Fsp3) is 0.818. The number of nitrogens with zero attached hydrogens (tertiary/aromatic N) is 4. The van der Waals surface area contributed by atoms with E-state index in [0.29, 0.717) is 18.7 Å². The van der Waals surface area contributed by atoms with Crippen LogP contribution >= 0.6 is 0 Å². The van der Waals surface area contributed by atoms with Crippen molar-refractivity contribution in [1.29, 1.82) is 0 Å². The maximum absolute atomic E-state index is 5.84. The van der Waals surface area contributed by atoms with Gasteiger partial charge in [0.25, 0.3) is 0 Å². The van der Waals surface area contributed by atoms with Crippen LogP contribution in [0.25, 0.3) is 0 Å². The van der Waals surface area contributed by atoms with Crippen LogP contribution in [0.2, 0.25) is 0 Å². The average molecular weight is 239 g/mol. The highest BCUT2D eigenvalue weighted by atomic mass is 16.5. The molecule has 0 aromatic carbocycles. The zero-order chi connectivity index (χ0) is 12.3. The molecular weight excluding hydrogens is 218 g/mol. The molecule has 96 valence electrons. The zero-order valence-corrected chi connectivity index (χ0v) is 10.5. The molecule has 0 amide bonds. The van der Waals surface area contributed by atoms with Crippen molar-refractivity contribution in [2.75, 3.05) is 20.2 Å². The second-order valence-corrected chi connectivity index (χ2v) is 4.54. The molecule has 2 unspecified atom stereocenters. The van der Waals surface area contributed by atoms with Gasteiger partial charge in [-0.05, 0) is 12.8 Å². The van der Waals surface area contributed by atoms with Crippen LogP contribution in [0.1, 0.15) is 18.7 Å². The van der Waals surface area contributed by atoms with E-state index in [9.17, 15) is 0 Å². The fourth-order valence-electron chi connectivity index (χ4n) is 2.38. The maximum atomic E-state index is 5.84. The number of nitrogens with two attached hydrogens (primary N) is 1. The number of hydrogen-bond donors (Lipinski definition) is 1. The van der Waals surface area contributed by atoms with E-state index in [1.165, 1.54) is 0 Å². The van der Waals surface area contributed by atoms with Gasteiger partial charge in [0, 0.05) is 33.3 Å². The molecule has 0 bridgehead atoms. The van der Waals surface area contributed by atoms with Crippen LogP contribution in [-0.4, -0.2) is 52.0 Å². The number of methoxy groups -OCH3 is 1. The van der Waals surface area contributed by atoms with Crippen LogP contribution in [0.3, 0.4) is 0 Å². The van der Waals surface area contributed by atoms with E-state index >= 15 is 0 Å². The fourth-order valence-corrected chi connectivity index (χ4v) is 2.38. The second-order valence-electron chi connectivity index (χ2n) is 4.54. The Morgan fingerprint density at radius 1 is 1.59 bits per heavy atom. The Kier molecular flexibility index (Phi) is 4.09. The third-order valence-electron chi connectivity index (χ3n) is 3.54. The van der Waals surface area contributed by atoms with Crippen molar-refractivity contribution in [2.45, 2.75) is 31.5 Å². The van der Waals surface area contributed by atoms with Gasteiger partial charge < -0.3 is 10.5 Å². The maximum Gasteiger partial charge on any atom is 0.140 e. The summed E-state index contributed by atoms with van der Waals surface area (Å²) in [6.45, 7) is 2.49. The molecule has 6 heteroatoms. The molecule has 0 spiro atoms. The molecule has 1 aromatic rings. The molecule has 1 aromatic heterocycles. The lowest BCUT2D eigenvalue weighted by Crippen LogP contribution is -2.48. The molecule has 2 atom stereocenters. The molecule has 0 radical (unpaired) electrons. The minimum Gasteiger partial charge on any atom is -0.381 e. The van der Waals surface area contributed by atoms with Crippen molar-refractivity contribution in [3.8, 4) is 0 Å². The van der Waals surface area contributed by atoms with Gasteiger partial charge in [0.1, 0.15) is 12.2 Å². The van der Waals surface area contributed by atoms with E-state index in [1.54, 1.807) is 13.4 Å². The van der Waals surface area contributed by atoms with E-state index < -0.39 is 0 Å². The highest BCUT2D eigenvalue weighted by Gasteiger charge is 2.28. The van der Waals surface area contributed by atoms with Gasteiger partial charge in [-0.3, -0.25) is 9.58 Å². The van der Waals surface area contributed by atoms with E-state index in [-0.39, 0.29) is 0 Å². The van der Waals surface area contributed by atoms with Crippen LogP contribution < -0.4 is 5.73 Å². The first-order valence-corrected chi connectivity index (χ1v) is 6.04. The number of rotatable bonds is 4. The Morgan fingerprint density at radius 2 is 2.41 bits per heavy atom. The summed E-state index contributed by atoms with van der Waals surface area (Å²) in [6, 6.07) is 0.380. The lowest BCUT2D eigenvalue weighted by atomic mass is 9.99.